The molecule has 23 heavy (non-hydrogen) atoms. The summed E-state index contributed by atoms with van der Waals surface area (Å²) < 4.78 is 4.88. The van der Waals surface area contributed by atoms with E-state index in [-0.39, 0.29) is 12.1 Å². The highest BCUT2D eigenvalue weighted by molar-refractivity contribution is 5.68. The summed E-state index contributed by atoms with van der Waals surface area (Å²) in [6.07, 6.45) is 5.06. The van der Waals surface area contributed by atoms with Crippen molar-refractivity contribution in [3.05, 3.63) is 41.5 Å². The summed E-state index contributed by atoms with van der Waals surface area (Å²) in [5.41, 5.74) is 3.81. The molecule has 1 fully saturated rings. The fourth-order valence-electron chi connectivity index (χ4n) is 3.30. The van der Waals surface area contributed by atoms with Crippen LogP contribution < -0.4 is 4.90 Å². The number of likely N-dealkylation sites (tertiary alicyclic amines) is 1. The summed E-state index contributed by atoms with van der Waals surface area (Å²) in [6, 6.07) is 6.65. The molecule has 1 aliphatic rings. The van der Waals surface area contributed by atoms with Gasteiger partial charge in [-0.2, -0.15) is 0 Å². The Balaban J connectivity index is 1.98. The third-order valence-corrected chi connectivity index (χ3v) is 4.46. The zero-order chi connectivity index (χ0) is 17.0. The van der Waals surface area contributed by atoms with Crippen LogP contribution in [0.2, 0.25) is 0 Å². The van der Waals surface area contributed by atoms with Gasteiger partial charge in [-0.1, -0.05) is 36.8 Å². The molecule has 2 rings (SSSR count). The van der Waals surface area contributed by atoms with Crippen LogP contribution in [0.15, 0.2) is 30.4 Å². The monoisotopic (exact) mass is 316 g/mol. The van der Waals surface area contributed by atoms with Gasteiger partial charge in [-0.25, -0.2) is 4.79 Å². The van der Waals surface area contributed by atoms with Gasteiger partial charge in [-0.15, -0.1) is 0 Å². The molecule has 0 N–H and O–H groups in total. The lowest BCUT2D eigenvalue weighted by Gasteiger charge is -2.22. The Morgan fingerprint density at radius 3 is 2.83 bits per heavy atom. The van der Waals surface area contributed by atoms with Gasteiger partial charge < -0.3 is 14.5 Å². The van der Waals surface area contributed by atoms with Gasteiger partial charge in [0.1, 0.15) is 0 Å². The lowest BCUT2D eigenvalue weighted by Crippen LogP contribution is -2.34. The Kier molecular flexibility index (Phi) is 5.69. The average Bonchev–Trinajstić information content (AvgIpc) is 2.87. The molecule has 2 atom stereocenters. The molecule has 1 aliphatic heterocycles. The van der Waals surface area contributed by atoms with E-state index in [1.807, 2.05) is 4.90 Å². The van der Waals surface area contributed by atoms with Crippen LogP contribution in [0.25, 0.3) is 0 Å². The molecule has 0 bridgehead atoms. The largest absolute Gasteiger partial charge is 0.453 e. The van der Waals surface area contributed by atoms with Gasteiger partial charge in [0.2, 0.25) is 0 Å². The number of rotatable bonds is 4. The molecule has 126 valence electrons. The lowest BCUT2D eigenvalue weighted by atomic mass is 10.1. The number of aryl methyl sites for hydroxylation is 2. The minimum absolute atomic E-state index is 0.143. The first-order chi connectivity index (χ1) is 10.9. The number of carbonyl (C=O) groups excluding carboxylic acids is 1. The van der Waals surface area contributed by atoms with Crippen molar-refractivity contribution >= 4 is 11.8 Å². The molecular formula is C19H28N2O2. The molecule has 2 unspecified atom stereocenters. The molecule has 4 nitrogen and oxygen atoms in total. The normalized spacial score (nSPS) is 21.0. The van der Waals surface area contributed by atoms with Crippen LogP contribution in [0, 0.1) is 19.8 Å². The number of likely N-dealkylation sites (N-methyl/N-ethyl adjacent to an activating group) is 1. The summed E-state index contributed by atoms with van der Waals surface area (Å²) in [5, 5.41) is 0. The molecule has 1 heterocycles. The van der Waals surface area contributed by atoms with Crippen molar-refractivity contribution in [3.8, 4) is 0 Å². The van der Waals surface area contributed by atoms with E-state index in [1.54, 1.807) is 0 Å². The number of anilines is 1. The van der Waals surface area contributed by atoms with Gasteiger partial charge in [0.05, 0.1) is 13.2 Å². The summed E-state index contributed by atoms with van der Waals surface area (Å²) in [7, 11) is 3.54. The molecule has 1 saturated heterocycles. The number of hydrogen-bond acceptors (Lipinski definition) is 3. The van der Waals surface area contributed by atoms with E-state index in [0.717, 1.165) is 19.5 Å². The van der Waals surface area contributed by atoms with Crippen molar-refractivity contribution in [1.82, 2.24) is 4.90 Å². The highest BCUT2D eigenvalue weighted by Gasteiger charge is 2.31. The second-order valence-corrected chi connectivity index (χ2v) is 6.63. The molecule has 0 radical (unpaired) electrons. The molecule has 0 saturated carbocycles. The third kappa shape index (κ3) is 4.27. The van der Waals surface area contributed by atoms with Gasteiger partial charge in [0.15, 0.2) is 0 Å². The number of hydrogen-bond donors (Lipinski definition) is 0. The number of methoxy groups -OCH3 is 1. The van der Waals surface area contributed by atoms with Gasteiger partial charge in [-0.3, -0.25) is 0 Å². The van der Waals surface area contributed by atoms with Crippen LogP contribution >= 0.6 is 0 Å². The average molecular weight is 316 g/mol. The van der Waals surface area contributed by atoms with Gasteiger partial charge in [0.25, 0.3) is 0 Å². The molecule has 1 aromatic carbocycles. The van der Waals surface area contributed by atoms with Crippen LogP contribution in [-0.4, -0.2) is 44.3 Å². The summed E-state index contributed by atoms with van der Waals surface area (Å²) >= 11 is 0. The predicted octanol–water partition coefficient (Wildman–Crippen LogP) is 3.77. The number of benzene rings is 1. The van der Waals surface area contributed by atoms with E-state index in [9.17, 15) is 4.79 Å². The third-order valence-electron chi connectivity index (χ3n) is 4.46. The standard InChI is InChI=1S/C19H28N2O2/c1-14-8-9-18(16(3)11-14)20(4)10-6-7-17-12-15(2)13-21(17)19(22)23-5/h6-9,11,15,17H,10,12-13H2,1-5H3/b7-6-. The predicted molar refractivity (Wildman–Crippen MR) is 95.0 cm³/mol. The SMILES string of the molecule is COC(=O)N1CC(C)CC1/C=C\CN(C)c1ccc(C)cc1C. The minimum atomic E-state index is -0.230. The number of ether oxygens (including phenoxy) is 1. The van der Waals surface area contributed by atoms with Crippen molar-refractivity contribution < 1.29 is 9.53 Å². The van der Waals surface area contributed by atoms with E-state index in [2.05, 4.69) is 63.1 Å². The van der Waals surface area contributed by atoms with Crippen molar-refractivity contribution in [1.29, 1.82) is 0 Å². The molecule has 0 spiro atoms. The first kappa shape index (κ1) is 17.4. The van der Waals surface area contributed by atoms with Crippen LogP contribution in [0.5, 0.6) is 0 Å². The Bertz CT molecular complexity index is 583. The zero-order valence-corrected chi connectivity index (χ0v) is 14.9. The maximum Gasteiger partial charge on any atom is 0.409 e. The van der Waals surface area contributed by atoms with Crippen LogP contribution in [0.4, 0.5) is 10.5 Å². The Morgan fingerprint density at radius 2 is 2.17 bits per heavy atom. The fourth-order valence-corrected chi connectivity index (χ4v) is 3.30. The molecule has 1 amide bonds. The first-order valence-electron chi connectivity index (χ1n) is 8.22. The van der Waals surface area contributed by atoms with Gasteiger partial charge in [-0.05, 0) is 37.8 Å². The molecule has 0 aromatic heterocycles. The van der Waals surface area contributed by atoms with Gasteiger partial charge >= 0.3 is 6.09 Å². The van der Waals surface area contributed by atoms with Crippen LogP contribution in [-0.2, 0) is 4.74 Å². The topological polar surface area (TPSA) is 32.8 Å². The summed E-state index contributed by atoms with van der Waals surface area (Å²) in [6.45, 7) is 8.02. The second kappa shape index (κ2) is 7.53. The molecule has 0 aliphatic carbocycles. The number of nitrogens with zero attached hydrogens (tertiary/aromatic N) is 2. The van der Waals surface area contributed by atoms with E-state index in [4.69, 9.17) is 4.74 Å². The van der Waals surface area contributed by atoms with Gasteiger partial charge in [0, 0.05) is 25.8 Å². The van der Waals surface area contributed by atoms with Crippen molar-refractivity contribution in [2.45, 2.75) is 33.2 Å². The Hall–Kier alpha value is -1.97. The number of amides is 1. The van der Waals surface area contributed by atoms with Crippen LogP contribution in [0.3, 0.4) is 0 Å². The fraction of sp³-hybridized carbons (Fsp3) is 0.526. The van der Waals surface area contributed by atoms with E-state index < -0.39 is 0 Å². The zero-order valence-electron chi connectivity index (χ0n) is 14.9. The second-order valence-electron chi connectivity index (χ2n) is 6.63. The quantitative estimate of drug-likeness (QED) is 0.793. The van der Waals surface area contributed by atoms with Crippen molar-refractivity contribution in [3.63, 3.8) is 0 Å². The van der Waals surface area contributed by atoms with E-state index in [1.165, 1.54) is 23.9 Å². The first-order valence-corrected chi connectivity index (χ1v) is 8.22. The molecular weight excluding hydrogens is 288 g/mol. The summed E-state index contributed by atoms with van der Waals surface area (Å²) in [4.78, 5) is 15.9. The highest BCUT2D eigenvalue weighted by Crippen LogP contribution is 2.25. The Labute approximate surface area is 139 Å². The number of carbonyl (C=O) groups is 1. The minimum Gasteiger partial charge on any atom is -0.453 e. The lowest BCUT2D eigenvalue weighted by molar-refractivity contribution is 0.124. The highest BCUT2D eigenvalue weighted by atomic mass is 16.5. The van der Waals surface area contributed by atoms with Crippen molar-refractivity contribution in [2.24, 2.45) is 5.92 Å². The smallest absolute Gasteiger partial charge is 0.409 e. The van der Waals surface area contributed by atoms with Crippen molar-refractivity contribution in [2.75, 3.05) is 32.1 Å². The Morgan fingerprint density at radius 1 is 1.43 bits per heavy atom. The van der Waals surface area contributed by atoms with E-state index >= 15 is 0 Å². The van der Waals surface area contributed by atoms with E-state index in [0.29, 0.717) is 5.92 Å². The molecule has 4 heteroatoms. The molecule has 1 aromatic rings. The van der Waals surface area contributed by atoms with Crippen LogP contribution in [0.1, 0.15) is 24.5 Å². The maximum absolute atomic E-state index is 11.8. The maximum atomic E-state index is 11.8. The summed E-state index contributed by atoms with van der Waals surface area (Å²) in [5.74, 6) is 0.515.